The summed E-state index contributed by atoms with van der Waals surface area (Å²) in [7, 11) is 3.52. The number of anilines is 1. The molecule has 132 valence electrons. The number of hydrogen-bond donors (Lipinski definition) is 3. The highest BCUT2D eigenvalue weighted by Crippen LogP contribution is 2.24. The minimum Gasteiger partial charge on any atom is -0.465 e. The van der Waals surface area contributed by atoms with E-state index < -0.39 is 11.6 Å². The molecule has 24 heavy (non-hydrogen) atoms. The predicted octanol–water partition coefficient (Wildman–Crippen LogP) is 1.66. The minimum absolute atomic E-state index is 0.0899. The van der Waals surface area contributed by atoms with Crippen molar-refractivity contribution in [3.8, 4) is 0 Å². The van der Waals surface area contributed by atoms with E-state index in [0.717, 1.165) is 5.56 Å². The molecular formula is C16H26N6O2. The molecule has 0 bridgehead atoms. The van der Waals surface area contributed by atoms with Crippen molar-refractivity contribution < 1.29 is 9.90 Å². The first-order chi connectivity index (χ1) is 11.0. The van der Waals surface area contributed by atoms with Gasteiger partial charge in [0.2, 0.25) is 5.96 Å². The number of nitrogens with two attached hydrogens (primary N) is 2. The van der Waals surface area contributed by atoms with Gasteiger partial charge in [-0.1, -0.05) is 12.1 Å². The Morgan fingerprint density at radius 1 is 1.17 bits per heavy atom. The molecule has 5 N–H and O–H groups in total. The molecule has 0 saturated carbocycles. The van der Waals surface area contributed by atoms with Crippen LogP contribution >= 0.6 is 0 Å². The maximum atomic E-state index is 11.5. The monoisotopic (exact) mass is 334 g/mol. The third kappa shape index (κ3) is 5.45. The molecule has 0 aliphatic heterocycles. The van der Waals surface area contributed by atoms with Crippen LogP contribution in [0.3, 0.4) is 0 Å². The molecule has 0 aliphatic rings. The summed E-state index contributed by atoms with van der Waals surface area (Å²) in [4.78, 5) is 22.5. The molecule has 8 nitrogen and oxygen atoms in total. The smallest absolute Gasteiger partial charge is 0.412 e. The first kappa shape index (κ1) is 19.3. The van der Waals surface area contributed by atoms with Crippen molar-refractivity contribution in [3.05, 3.63) is 29.8 Å². The number of hydrogen-bond acceptors (Lipinski definition) is 2. The summed E-state index contributed by atoms with van der Waals surface area (Å²) in [6.45, 7) is 5.85. The SMILES string of the molecule is CN(C)C(N)=NC(N)=NCc1ccc(N(C(=O)O)C(C)(C)C)cc1. The Kier molecular flexibility index (Phi) is 6.16. The summed E-state index contributed by atoms with van der Waals surface area (Å²) in [5.74, 6) is 0.362. The summed E-state index contributed by atoms with van der Waals surface area (Å²) in [6.07, 6.45) is -0.994. The van der Waals surface area contributed by atoms with E-state index >= 15 is 0 Å². The number of guanidine groups is 2. The fourth-order valence-electron chi connectivity index (χ4n) is 1.96. The lowest BCUT2D eigenvalue weighted by atomic mass is 10.0. The van der Waals surface area contributed by atoms with E-state index in [1.54, 1.807) is 31.1 Å². The van der Waals surface area contributed by atoms with Crippen molar-refractivity contribution in [2.24, 2.45) is 21.5 Å². The van der Waals surface area contributed by atoms with Crippen LogP contribution in [-0.2, 0) is 6.54 Å². The molecule has 0 heterocycles. The lowest BCUT2D eigenvalue weighted by Crippen LogP contribution is -2.45. The normalized spacial score (nSPS) is 12.9. The quantitative estimate of drug-likeness (QED) is 0.573. The molecule has 8 heteroatoms. The zero-order valence-corrected chi connectivity index (χ0v) is 14.8. The standard InChI is InChI=1S/C16H26N6O2/c1-16(2,3)22(15(23)24)12-8-6-11(7-9-12)10-19-13(17)20-14(18)21(4)5/h6-9H,10H2,1-5H3,(H,23,24)(H4,17,18,19,20). The van der Waals surface area contributed by atoms with Crippen molar-refractivity contribution in [2.75, 3.05) is 19.0 Å². The molecule has 0 spiro atoms. The summed E-state index contributed by atoms with van der Waals surface area (Å²) in [6, 6.07) is 7.12. The van der Waals surface area contributed by atoms with Gasteiger partial charge in [-0.05, 0) is 38.5 Å². The Balaban J connectivity index is 2.89. The second kappa shape index (κ2) is 7.67. The Morgan fingerprint density at radius 2 is 1.71 bits per heavy atom. The third-order valence-electron chi connectivity index (χ3n) is 3.17. The van der Waals surface area contributed by atoms with Crippen molar-refractivity contribution in [3.63, 3.8) is 0 Å². The zero-order chi connectivity index (χ0) is 18.5. The van der Waals surface area contributed by atoms with Gasteiger partial charge in [-0.15, -0.1) is 0 Å². The summed E-state index contributed by atoms with van der Waals surface area (Å²) < 4.78 is 0. The van der Waals surface area contributed by atoms with Crippen molar-refractivity contribution >= 4 is 23.7 Å². The van der Waals surface area contributed by atoms with Gasteiger partial charge in [0.1, 0.15) is 0 Å². The van der Waals surface area contributed by atoms with E-state index in [0.29, 0.717) is 12.2 Å². The summed E-state index contributed by atoms with van der Waals surface area (Å²) in [5, 5.41) is 9.39. The van der Waals surface area contributed by atoms with Gasteiger partial charge in [0.25, 0.3) is 0 Å². The predicted molar refractivity (Wildman–Crippen MR) is 97.3 cm³/mol. The summed E-state index contributed by atoms with van der Waals surface area (Å²) in [5.41, 5.74) is 12.3. The van der Waals surface area contributed by atoms with Crippen LogP contribution in [0, 0.1) is 0 Å². The average Bonchev–Trinajstić information content (AvgIpc) is 2.44. The Labute approximate surface area is 142 Å². The van der Waals surface area contributed by atoms with E-state index in [1.807, 2.05) is 32.9 Å². The highest BCUT2D eigenvalue weighted by molar-refractivity contribution is 5.93. The molecular weight excluding hydrogens is 308 g/mol. The van der Waals surface area contributed by atoms with Gasteiger partial charge >= 0.3 is 6.09 Å². The number of rotatable bonds is 3. The van der Waals surface area contributed by atoms with Crippen LogP contribution in [0.25, 0.3) is 0 Å². The maximum Gasteiger partial charge on any atom is 0.412 e. The first-order valence-electron chi connectivity index (χ1n) is 7.46. The van der Waals surface area contributed by atoms with E-state index in [1.165, 1.54) is 4.90 Å². The number of amides is 1. The van der Waals surface area contributed by atoms with Crippen LogP contribution in [-0.4, -0.2) is 47.7 Å². The molecule has 0 saturated heterocycles. The fraction of sp³-hybridized carbons (Fsp3) is 0.438. The lowest BCUT2D eigenvalue weighted by molar-refractivity contribution is 0.195. The molecule has 1 aromatic carbocycles. The fourth-order valence-corrected chi connectivity index (χ4v) is 1.96. The molecule has 1 aromatic rings. The van der Waals surface area contributed by atoms with Gasteiger partial charge in [0.15, 0.2) is 5.96 Å². The molecule has 1 rings (SSSR count). The largest absolute Gasteiger partial charge is 0.465 e. The van der Waals surface area contributed by atoms with Crippen LogP contribution in [0.2, 0.25) is 0 Å². The number of aliphatic imine (C=N–C) groups is 2. The van der Waals surface area contributed by atoms with Crippen LogP contribution in [0.4, 0.5) is 10.5 Å². The van der Waals surface area contributed by atoms with Gasteiger partial charge in [-0.25, -0.2) is 9.79 Å². The van der Waals surface area contributed by atoms with Crippen molar-refractivity contribution in [2.45, 2.75) is 32.9 Å². The zero-order valence-electron chi connectivity index (χ0n) is 14.8. The van der Waals surface area contributed by atoms with Gasteiger partial charge in [-0.3, -0.25) is 4.90 Å². The van der Waals surface area contributed by atoms with Crippen LogP contribution in [0.15, 0.2) is 34.3 Å². The second-order valence-corrected chi connectivity index (χ2v) is 6.49. The molecule has 0 radical (unpaired) electrons. The molecule has 0 fully saturated rings. The van der Waals surface area contributed by atoms with Gasteiger partial charge in [0, 0.05) is 25.3 Å². The van der Waals surface area contributed by atoms with E-state index in [4.69, 9.17) is 11.5 Å². The lowest BCUT2D eigenvalue weighted by Gasteiger charge is -2.33. The van der Waals surface area contributed by atoms with Gasteiger partial charge in [-0.2, -0.15) is 4.99 Å². The van der Waals surface area contributed by atoms with Crippen LogP contribution in [0.1, 0.15) is 26.3 Å². The average molecular weight is 334 g/mol. The van der Waals surface area contributed by atoms with Crippen LogP contribution < -0.4 is 16.4 Å². The number of carbonyl (C=O) groups is 1. The molecule has 0 aromatic heterocycles. The molecule has 1 amide bonds. The number of carboxylic acid groups (broad SMARTS) is 1. The van der Waals surface area contributed by atoms with Gasteiger partial charge in [0.05, 0.1) is 6.54 Å². The maximum absolute atomic E-state index is 11.5. The van der Waals surface area contributed by atoms with E-state index in [9.17, 15) is 9.90 Å². The molecule has 0 atom stereocenters. The van der Waals surface area contributed by atoms with Gasteiger partial charge < -0.3 is 21.5 Å². The summed E-state index contributed by atoms with van der Waals surface area (Å²) >= 11 is 0. The Bertz CT molecular complexity index is 629. The topological polar surface area (TPSA) is 121 Å². The van der Waals surface area contributed by atoms with E-state index in [-0.39, 0.29) is 11.9 Å². The van der Waals surface area contributed by atoms with Crippen molar-refractivity contribution in [1.29, 1.82) is 0 Å². The highest BCUT2D eigenvalue weighted by Gasteiger charge is 2.27. The molecule has 0 unspecified atom stereocenters. The minimum atomic E-state index is -0.994. The number of benzene rings is 1. The van der Waals surface area contributed by atoms with E-state index in [2.05, 4.69) is 9.98 Å². The highest BCUT2D eigenvalue weighted by atomic mass is 16.4. The first-order valence-corrected chi connectivity index (χ1v) is 7.46. The van der Waals surface area contributed by atoms with Crippen molar-refractivity contribution in [1.82, 2.24) is 4.90 Å². The third-order valence-corrected chi connectivity index (χ3v) is 3.17. The van der Waals surface area contributed by atoms with Crippen LogP contribution in [0.5, 0.6) is 0 Å². The Morgan fingerprint density at radius 3 is 2.12 bits per heavy atom. The number of nitrogens with zero attached hydrogens (tertiary/aromatic N) is 4. The Hall–Kier alpha value is -2.77. The molecule has 0 aliphatic carbocycles. The second-order valence-electron chi connectivity index (χ2n) is 6.49.